The second kappa shape index (κ2) is 16.5. The molecule has 1 saturated heterocycles. The Hall–Kier alpha value is -2.32. The number of carbonyl (C=O) groups excluding carboxylic acids is 1. The number of rotatable bonds is 17. The zero-order valence-electron chi connectivity index (χ0n) is 24.8. The first-order valence-corrected chi connectivity index (χ1v) is 16.4. The van der Waals surface area contributed by atoms with Crippen LogP contribution in [0.1, 0.15) is 51.4 Å². The monoisotopic (exact) mass is 608 g/mol. The number of aliphatic hydroxyl groups is 4. The third-order valence-corrected chi connectivity index (χ3v) is 9.43. The number of likely N-dealkylation sites (tertiary alicyclic amines) is 1. The molecule has 4 atom stereocenters. The Bertz CT molecular complexity index is 1240. The first-order valence-electron chi connectivity index (χ1n) is 14.9. The molecule has 1 heterocycles. The maximum atomic E-state index is 13.0. The number of hydrogen-bond acceptors (Lipinski definition) is 9. The molecule has 1 amide bonds. The molecule has 1 aliphatic rings. The zero-order chi connectivity index (χ0) is 30.7. The van der Waals surface area contributed by atoms with Gasteiger partial charge in [0.25, 0.3) is 0 Å². The van der Waals surface area contributed by atoms with Crippen molar-refractivity contribution >= 4 is 32.4 Å². The molecule has 1 aliphatic heterocycles. The lowest BCUT2D eigenvalue weighted by atomic mass is 9.94. The van der Waals surface area contributed by atoms with Gasteiger partial charge in [0.1, 0.15) is 12.2 Å². The summed E-state index contributed by atoms with van der Waals surface area (Å²) < 4.78 is 28.7. The van der Waals surface area contributed by atoms with Crippen LogP contribution >= 0.6 is 0 Å². The molecule has 0 aromatic heterocycles. The number of aliphatic hydroxyl groups excluding tert-OH is 4. The molecule has 2 aromatic rings. The summed E-state index contributed by atoms with van der Waals surface area (Å²) in [6.45, 7) is 1.39. The van der Waals surface area contributed by atoms with Crippen molar-refractivity contribution in [2.45, 2.75) is 80.6 Å². The van der Waals surface area contributed by atoms with E-state index in [9.17, 15) is 33.6 Å². The summed E-state index contributed by atoms with van der Waals surface area (Å²) >= 11 is 0. The first-order chi connectivity index (χ1) is 20.1. The van der Waals surface area contributed by atoms with E-state index in [4.69, 9.17) is 0 Å². The van der Waals surface area contributed by atoms with Crippen LogP contribution in [0.15, 0.2) is 41.3 Å². The van der Waals surface area contributed by atoms with Crippen molar-refractivity contribution in [3.05, 3.63) is 36.4 Å². The molecule has 1 fully saturated rings. The van der Waals surface area contributed by atoms with Crippen LogP contribution in [-0.2, 0) is 14.8 Å². The van der Waals surface area contributed by atoms with Gasteiger partial charge >= 0.3 is 0 Å². The van der Waals surface area contributed by atoms with Gasteiger partial charge in [-0.25, -0.2) is 13.1 Å². The molecule has 11 nitrogen and oxygen atoms in total. The topological polar surface area (TPSA) is 163 Å². The Morgan fingerprint density at radius 3 is 2.29 bits per heavy atom. The molecule has 0 radical (unpaired) electrons. The lowest BCUT2D eigenvalue weighted by Gasteiger charge is -2.43. The molecule has 12 heteroatoms. The molecular weight excluding hydrogens is 560 g/mol. The molecule has 6 N–H and O–H groups in total. The molecule has 42 heavy (non-hydrogen) atoms. The van der Waals surface area contributed by atoms with Gasteiger partial charge in [0.05, 0.1) is 23.6 Å². The van der Waals surface area contributed by atoms with E-state index in [1.54, 1.807) is 17.0 Å². The average Bonchev–Trinajstić information content (AvgIpc) is 2.96. The minimum Gasteiger partial charge on any atom is -0.395 e. The second-order valence-electron chi connectivity index (χ2n) is 11.3. The molecule has 0 aliphatic carbocycles. The number of nitrogens with one attached hydrogen (secondary N) is 2. The Morgan fingerprint density at radius 2 is 1.57 bits per heavy atom. The van der Waals surface area contributed by atoms with Crippen molar-refractivity contribution in [3.63, 3.8) is 0 Å². The zero-order valence-corrected chi connectivity index (χ0v) is 25.6. The van der Waals surface area contributed by atoms with Gasteiger partial charge in [-0.1, -0.05) is 43.5 Å². The van der Waals surface area contributed by atoms with E-state index in [-0.39, 0.29) is 24.0 Å². The Kier molecular flexibility index (Phi) is 13.4. The third kappa shape index (κ3) is 9.34. The van der Waals surface area contributed by atoms with E-state index in [0.29, 0.717) is 44.3 Å². The van der Waals surface area contributed by atoms with Crippen LogP contribution in [0.25, 0.3) is 10.8 Å². The molecule has 2 aromatic carbocycles. The van der Waals surface area contributed by atoms with Crippen molar-refractivity contribution in [1.29, 1.82) is 0 Å². The van der Waals surface area contributed by atoms with E-state index >= 15 is 0 Å². The summed E-state index contributed by atoms with van der Waals surface area (Å²) in [6.07, 6.45) is 2.44. The van der Waals surface area contributed by atoms with Crippen molar-refractivity contribution in [2.24, 2.45) is 0 Å². The highest BCUT2D eigenvalue weighted by Crippen LogP contribution is 2.30. The smallest absolute Gasteiger partial charge is 0.241 e. The minimum absolute atomic E-state index is 0.00422. The van der Waals surface area contributed by atoms with Crippen LogP contribution in [0, 0.1) is 0 Å². The SMILES string of the molecule is CN(C)c1cccc2c(S(=O)(=O)NCCCCCCNC(=O)CCCCCN3C[C@H](O)[C@@H](O)[C@@H](O)[C@H]3CO)cccc12. The van der Waals surface area contributed by atoms with E-state index in [1.165, 1.54) is 0 Å². The Labute approximate surface area is 249 Å². The lowest BCUT2D eigenvalue weighted by molar-refractivity contribution is -0.145. The molecular formula is C30H48N4O7S. The summed E-state index contributed by atoms with van der Waals surface area (Å²) in [5.41, 5.74) is 0.965. The van der Waals surface area contributed by atoms with Crippen molar-refractivity contribution in [2.75, 3.05) is 51.8 Å². The first kappa shape index (κ1) is 34.2. The van der Waals surface area contributed by atoms with Crippen LogP contribution in [0.4, 0.5) is 5.69 Å². The number of unbranched alkanes of at least 4 members (excludes halogenated alkanes) is 5. The van der Waals surface area contributed by atoms with Crippen molar-refractivity contribution in [3.8, 4) is 0 Å². The van der Waals surface area contributed by atoms with Gasteiger partial charge in [0, 0.05) is 56.6 Å². The fourth-order valence-electron chi connectivity index (χ4n) is 5.51. The predicted octanol–water partition coefficient (Wildman–Crippen LogP) is 1.18. The fourth-order valence-corrected chi connectivity index (χ4v) is 6.80. The van der Waals surface area contributed by atoms with Gasteiger partial charge in [-0.05, 0) is 44.4 Å². The fraction of sp³-hybridized carbons (Fsp3) is 0.633. The molecule has 3 rings (SSSR count). The van der Waals surface area contributed by atoms with Gasteiger partial charge in [-0.2, -0.15) is 0 Å². The highest BCUT2D eigenvalue weighted by atomic mass is 32.2. The predicted molar refractivity (Wildman–Crippen MR) is 164 cm³/mol. The maximum Gasteiger partial charge on any atom is 0.241 e. The summed E-state index contributed by atoms with van der Waals surface area (Å²) in [5, 5.41) is 43.8. The standard InChI is InChI=1S/C30H48N4O7S/c1-33(2)24-14-10-13-23-22(24)12-11-15-27(23)42(40,41)32-18-8-4-3-7-17-31-28(37)16-6-5-9-19-34-20-26(36)30(39)29(38)25(34)21-35/h10-15,25-26,29-30,32,35-36,38-39H,3-9,16-21H2,1-2H3,(H,31,37)/t25-,26+,29+,30-/m1/s1. The number of nitrogens with zero attached hydrogens (tertiary/aromatic N) is 2. The number of piperidine rings is 1. The number of benzene rings is 2. The van der Waals surface area contributed by atoms with Crippen molar-refractivity contribution in [1.82, 2.24) is 14.9 Å². The number of fused-ring (bicyclic) bond motifs is 1. The van der Waals surface area contributed by atoms with Crippen LogP contribution in [0.5, 0.6) is 0 Å². The van der Waals surface area contributed by atoms with Crippen LogP contribution in [-0.4, -0.2) is 111 Å². The minimum atomic E-state index is -3.64. The van der Waals surface area contributed by atoms with E-state index < -0.39 is 34.4 Å². The quantitative estimate of drug-likeness (QED) is 0.145. The molecule has 0 spiro atoms. The highest BCUT2D eigenvalue weighted by molar-refractivity contribution is 7.89. The van der Waals surface area contributed by atoms with E-state index in [2.05, 4.69) is 10.0 Å². The van der Waals surface area contributed by atoms with Crippen LogP contribution < -0.4 is 14.9 Å². The number of carbonyl (C=O) groups is 1. The maximum absolute atomic E-state index is 13.0. The summed E-state index contributed by atoms with van der Waals surface area (Å²) in [5.74, 6) is -0.00422. The highest BCUT2D eigenvalue weighted by Gasteiger charge is 2.40. The van der Waals surface area contributed by atoms with Gasteiger partial charge in [0.2, 0.25) is 15.9 Å². The number of hydrogen-bond donors (Lipinski definition) is 6. The summed E-state index contributed by atoms with van der Waals surface area (Å²) in [7, 11) is 0.225. The second-order valence-corrected chi connectivity index (χ2v) is 13.0. The average molecular weight is 609 g/mol. The normalized spacial score (nSPS) is 21.5. The molecule has 0 unspecified atom stereocenters. The van der Waals surface area contributed by atoms with E-state index in [1.807, 2.05) is 43.3 Å². The number of β-amino-alcohol motifs (C(OH)–C–C–N with tert-alkyl or cyclic N) is 1. The van der Waals surface area contributed by atoms with Crippen LogP contribution in [0.3, 0.4) is 0 Å². The van der Waals surface area contributed by atoms with Crippen molar-refractivity contribution < 1.29 is 33.6 Å². The van der Waals surface area contributed by atoms with Gasteiger partial charge in [-0.3, -0.25) is 9.69 Å². The third-order valence-electron chi connectivity index (χ3n) is 7.91. The Balaban J connectivity index is 1.25. The summed E-state index contributed by atoms with van der Waals surface area (Å²) in [6, 6.07) is 10.4. The molecule has 0 saturated carbocycles. The molecule has 0 bridgehead atoms. The number of sulfonamides is 1. The van der Waals surface area contributed by atoms with Gasteiger partial charge in [0.15, 0.2) is 0 Å². The lowest BCUT2D eigenvalue weighted by Crippen LogP contribution is -2.62. The summed E-state index contributed by atoms with van der Waals surface area (Å²) in [4.78, 5) is 16.2. The van der Waals surface area contributed by atoms with Crippen LogP contribution in [0.2, 0.25) is 0 Å². The number of amides is 1. The van der Waals surface area contributed by atoms with Gasteiger partial charge in [-0.15, -0.1) is 0 Å². The Morgan fingerprint density at radius 1 is 0.905 bits per heavy atom. The molecule has 236 valence electrons. The largest absolute Gasteiger partial charge is 0.395 e. The number of anilines is 1. The van der Waals surface area contributed by atoms with E-state index in [0.717, 1.165) is 43.2 Å². The van der Waals surface area contributed by atoms with Gasteiger partial charge < -0.3 is 30.6 Å².